The molecule has 0 spiro atoms. The maximum atomic E-state index is 9.45. The summed E-state index contributed by atoms with van der Waals surface area (Å²) in [5.74, 6) is 0.865. The molecule has 2 N–H and O–H groups in total. The molecule has 2 unspecified atom stereocenters. The van der Waals surface area contributed by atoms with Crippen LogP contribution in [-0.2, 0) is 0 Å². The highest BCUT2D eigenvalue weighted by Crippen LogP contribution is 2.17. The molecule has 3 heteroatoms. The fourth-order valence-electron chi connectivity index (χ4n) is 1.47. The van der Waals surface area contributed by atoms with Crippen LogP contribution in [0.25, 0.3) is 0 Å². The first-order chi connectivity index (χ1) is 7.67. The smallest absolute Gasteiger partial charge is 0.118 e. The number of ether oxygens (including phenoxy) is 1. The van der Waals surface area contributed by atoms with Gasteiger partial charge in [0, 0.05) is 12.6 Å². The van der Waals surface area contributed by atoms with Crippen LogP contribution in [0.5, 0.6) is 5.75 Å². The van der Waals surface area contributed by atoms with E-state index in [1.165, 1.54) is 5.56 Å². The van der Waals surface area contributed by atoms with Gasteiger partial charge in [-0.1, -0.05) is 19.1 Å². The van der Waals surface area contributed by atoms with Gasteiger partial charge in [0.05, 0.1) is 13.2 Å². The van der Waals surface area contributed by atoms with Crippen LogP contribution in [-0.4, -0.2) is 24.9 Å². The highest BCUT2D eigenvalue weighted by atomic mass is 16.5. The van der Waals surface area contributed by atoms with E-state index in [4.69, 9.17) is 4.74 Å². The maximum absolute atomic E-state index is 9.45. The molecule has 0 saturated heterocycles. The van der Waals surface area contributed by atoms with Gasteiger partial charge >= 0.3 is 0 Å². The Kier molecular flexibility index (Phi) is 5.29. The van der Waals surface area contributed by atoms with Gasteiger partial charge in [-0.05, 0) is 31.0 Å². The summed E-state index contributed by atoms with van der Waals surface area (Å²) in [5, 5.41) is 12.7. The Hall–Kier alpha value is -1.06. The van der Waals surface area contributed by atoms with Gasteiger partial charge in [-0.15, -0.1) is 0 Å². The lowest BCUT2D eigenvalue weighted by atomic mass is 10.1. The highest BCUT2D eigenvalue weighted by molar-refractivity contribution is 5.28. The van der Waals surface area contributed by atoms with Gasteiger partial charge in [-0.2, -0.15) is 0 Å². The van der Waals surface area contributed by atoms with Crippen molar-refractivity contribution in [3.05, 3.63) is 29.8 Å². The van der Waals surface area contributed by atoms with Gasteiger partial charge < -0.3 is 15.2 Å². The third kappa shape index (κ3) is 3.83. The second-order valence-electron chi connectivity index (χ2n) is 3.97. The lowest BCUT2D eigenvalue weighted by Gasteiger charge is -2.16. The molecule has 1 aromatic rings. The molecular weight excluding hydrogens is 202 g/mol. The van der Waals surface area contributed by atoms with Gasteiger partial charge in [-0.3, -0.25) is 0 Å². The van der Waals surface area contributed by atoms with Crippen molar-refractivity contribution in [2.45, 2.75) is 32.4 Å². The predicted octanol–water partition coefficient (Wildman–Crippen LogP) is 2.12. The summed E-state index contributed by atoms with van der Waals surface area (Å²) in [6, 6.07) is 8.21. The quantitative estimate of drug-likeness (QED) is 0.776. The molecule has 0 aliphatic carbocycles. The second kappa shape index (κ2) is 6.51. The zero-order valence-corrected chi connectivity index (χ0v) is 10.2. The molecular formula is C13H21NO2. The van der Waals surface area contributed by atoms with Crippen molar-refractivity contribution in [2.75, 3.05) is 13.7 Å². The van der Waals surface area contributed by atoms with Crippen molar-refractivity contribution in [3.8, 4) is 5.75 Å². The first kappa shape index (κ1) is 13.0. The number of aliphatic hydroxyl groups is 1. The molecule has 0 aromatic heterocycles. The molecule has 0 heterocycles. The van der Waals surface area contributed by atoms with Crippen LogP contribution in [0.4, 0.5) is 0 Å². The molecule has 1 aromatic carbocycles. The Bertz CT molecular complexity index is 297. The third-order valence-electron chi connectivity index (χ3n) is 2.75. The van der Waals surface area contributed by atoms with Crippen LogP contribution < -0.4 is 10.1 Å². The molecule has 0 fully saturated rings. The zero-order valence-electron chi connectivity index (χ0n) is 10.2. The van der Waals surface area contributed by atoms with E-state index in [1.807, 2.05) is 31.2 Å². The van der Waals surface area contributed by atoms with Crippen molar-refractivity contribution in [2.24, 2.45) is 0 Å². The highest BCUT2D eigenvalue weighted by Gasteiger charge is 2.07. The summed E-state index contributed by atoms with van der Waals surface area (Å²) in [6.07, 6.45) is 0.517. The zero-order chi connectivity index (χ0) is 12.0. The number of methoxy groups -OCH3 is 1. The van der Waals surface area contributed by atoms with Crippen LogP contribution in [0.3, 0.4) is 0 Å². The minimum atomic E-state index is -0.263. The minimum Gasteiger partial charge on any atom is -0.497 e. The van der Waals surface area contributed by atoms with E-state index in [1.54, 1.807) is 7.11 Å². The van der Waals surface area contributed by atoms with Crippen molar-refractivity contribution in [3.63, 3.8) is 0 Å². The third-order valence-corrected chi connectivity index (χ3v) is 2.75. The summed E-state index contributed by atoms with van der Waals surface area (Å²) in [6.45, 7) is 4.69. The van der Waals surface area contributed by atoms with E-state index < -0.39 is 0 Å². The lowest BCUT2D eigenvalue weighted by Crippen LogP contribution is -2.28. The summed E-state index contributed by atoms with van der Waals surface area (Å²) in [5.41, 5.74) is 1.20. The SMILES string of the molecule is CCC(O)CNC(C)c1ccc(OC)cc1. The molecule has 0 amide bonds. The van der Waals surface area contributed by atoms with Crippen LogP contribution in [0.15, 0.2) is 24.3 Å². The Morgan fingerprint density at radius 3 is 2.44 bits per heavy atom. The Balaban J connectivity index is 2.49. The number of benzene rings is 1. The van der Waals surface area contributed by atoms with E-state index in [0.29, 0.717) is 6.54 Å². The number of nitrogens with one attached hydrogen (secondary N) is 1. The molecule has 0 aliphatic rings. The van der Waals surface area contributed by atoms with Crippen LogP contribution >= 0.6 is 0 Å². The average molecular weight is 223 g/mol. The summed E-state index contributed by atoms with van der Waals surface area (Å²) in [7, 11) is 1.66. The van der Waals surface area contributed by atoms with Crippen molar-refractivity contribution >= 4 is 0 Å². The van der Waals surface area contributed by atoms with E-state index >= 15 is 0 Å². The monoisotopic (exact) mass is 223 g/mol. The summed E-state index contributed by atoms with van der Waals surface area (Å²) >= 11 is 0. The van der Waals surface area contributed by atoms with Crippen LogP contribution in [0, 0.1) is 0 Å². The molecule has 1 rings (SSSR count). The van der Waals surface area contributed by atoms with Crippen LogP contribution in [0.1, 0.15) is 31.9 Å². The lowest BCUT2D eigenvalue weighted by molar-refractivity contribution is 0.164. The number of rotatable bonds is 6. The van der Waals surface area contributed by atoms with Gasteiger partial charge in [0.25, 0.3) is 0 Å². The first-order valence-electron chi connectivity index (χ1n) is 5.72. The predicted molar refractivity (Wildman–Crippen MR) is 65.7 cm³/mol. The van der Waals surface area contributed by atoms with Crippen molar-refractivity contribution in [1.82, 2.24) is 5.32 Å². The Labute approximate surface area is 97.4 Å². The maximum Gasteiger partial charge on any atom is 0.118 e. The minimum absolute atomic E-state index is 0.243. The van der Waals surface area contributed by atoms with E-state index in [9.17, 15) is 5.11 Å². The largest absolute Gasteiger partial charge is 0.497 e. The number of hydrogen-bond donors (Lipinski definition) is 2. The van der Waals surface area contributed by atoms with Crippen molar-refractivity contribution < 1.29 is 9.84 Å². The van der Waals surface area contributed by atoms with E-state index in [2.05, 4.69) is 12.2 Å². The fraction of sp³-hybridized carbons (Fsp3) is 0.538. The molecule has 90 valence electrons. The average Bonchev–Trinajstić information content (AvgIpc) is 2.35. The molecule has 0 bridgehead atoms. The molecule has 16 heavy (non-hydrogen) atoms. The van der Waals surface area contributed by atoms with Crippen molar-refractivity contribution in [1.29, 1.82) is 0 Å². The first-order valence-corrected chi connectivity index (χ1v) is 5.72. The molecule has 0 saturated carbocycles. The van der Waals surface area contributed by atoms with Gasteiger partial charge in [0.1, 0.15) is 5.75 Å². The number of hydrogen-bond acceptors (Lipinski definition) is 3. The Morgan fingerprint density at radius 2 is 1.94 bits per heavy atom. The second-order valence-corrected chi connectivity index (χ2v) is 3.97. The summed E-state index contributed by atoms with van der Waals surface area (Å²) in [4.78, 5) is 0. The topological polar surface area (TPSA) is 41.5 Å². The van der Waals surface area contributed by atoms with Crippen LogP contribution in [0.2, 0.25) is 0 Å². The normalized spacial score (nSPS) is 14.5. The molecule has 0 aliphatic heterocycles. The van der Waals surface area contributed by atoms with Gasteiger partial charge in [0.15, 0.2) is 0 Å². The Morgan fingerprint density at radius 1 is 1.31 bits per heavy atom. The molecule has 3 nitrogen and oxygen atoms in total. The fourth-order valence-corrected chi connectivity index (χ4v) is 1.47. The standard InChI is InChI=1S/C13H21NO2/c1-4-12(15)9-14-10(2)11-5-7-13(16-3)8-6-11/h5-8,10,12,14-15H,4,9H2,1-3H3. The van der Waals surface area contributed by atoms with Gasteiger partial charge in [-0.25, -0.2) is 0 Å². The van der Waals surface area contributed by atoms with E-state index in [0.717, 1.165) is 12.2 Å². The van der Waals surface area contributed by atoms with E-state index in [-0.39, 0.29) is 12.1 Å². The number of aliphatic hydroxyl groups excluding tert-OH is 1. The summed E-state index contributed by atoms with van der Waals surface area (Å²) < 4.78 is 5.10. The van der Waals surface area contributed by atoms with Gasteiger partial charge in [0.2, 0.25) is 0 Å². The molecule has 2 atom stereocenters. The molecule has 0 radical (unpaired) electrons.